The van der Waals surface area contributed by atoms with Crippen molar-refractivity contribution < 1.29 is 34.4 Å². The molecular weight excluding hydrogens is 390 g/mol. The molecule has 0 saturated carbocycles. The van der Waals surface area contributed by atoms with Crippen molar-refractivity contribution in [2.45, 2.75) is 85.7 Å². The number of nitrogens with zero attached hydrogens (tertiary/aromatic N) is 1. The second-order valence-electron chi connectivity index (χ2n) is 6.98. The molecule has 1 amide bonds. The molecule has 3 N–H and O–H groups in total. The van der Waals surface area contributed by atoms with Gasteiger partial charge in [-0.2, -0.15) is 0 Å². The van der Waals surface area contributed by atoms with Gasteiger partial charge in [0.05, 0.1) is 33.0 Å². The fraction of sp³-hybridized carbons (Fsp3) is 0.909. The summed E-state index contributed by atoms with van der Waals surface area (Å²) in [5.41, 5.74) is 0. The molecule has 0 aromatic rings. The van der Waals surface area contributed by atoms with Gasteiger partial charge in [-0.15, -0.1) is 0 Å². The van der Waals surface area contributed by atoms with Crippen LogP contribution in [0.4, 0.5) is 0 Å². The molecule has 1 aliphatic rings. The van der Waals surface area contributed by atoms with Gasteiger partial charge >= 0.3 is 5.97 Å². The van der Waals surface area contributed by atoms with E-state index >= 15 is 0 Å². The molecule has 1 saturated heterocycles. The average Bonchev–Trinajstić information content (AvgIpc) is 2.71. The lowest BCUT2D eigenvalue weighted by Gasteiger charge is -2.26. The molecule has 1 rings (SSSR count). The molecular formula is C22H47NO7. The molecule has 0 aromatic heterocycles. The Morgan fingerprint density at radius 3 is 1.80 bits per heavy atom. The van der Waals surface area contributed by atoms with Crippen LogP contribution in [0.15, 0.2) is 0 Å². The first-order chi connectivity index (χ1) is 14.3. The first-order valence-electron chi connectivity index (χ1n) is 11.1. The number of amides is 1. The van der Waals surface area contributed by atoms with Crippen LogP contribution in [-0.4, -0.2) is 84.3 Å². The number of aliphatic hydroxyl groups is 3. The van der Waals surface area contributed by atoms with Gasteiger partial charge in [0, 0.05) is 32.5 Å². The van der Waals surface area contributed by atoms with Crippen LogP contribution in [0, 0.1) is 0 Å². The van der Waals surface area contributed by atoms with Crippen LogP contribution in [0.5, 0.6) is 0 Å². The van der Waals surface area contributed by atoms with Gasteiger partial charge in [0.1, 0.15) is 0 Å². The van der Waals surface area contributed by atoms with Crippen molar-refractivity contribution in [3.63, 3.8) is 0 Å². The summed E-state index contributed by atoms with van der Waals surface area (Å²) in [4.78, 5) is 23.5. The maximum absolute atomic E-state index is 11.8. The molecule has 182 valence electrons. The lowest BCUT2D eigenvalue weighted by atomic mass is 10.1. The van der Waals surface area contributed by atoms with Crippen LogP contribution in [0.2, 0.25) is 0 Å². The number of hydrogen-bond acceptors (Lipinski definition) is 7. The monoisotopic (exact) mass is 437 g/mol. The molecule has 8 nitrogen and oxygen atoms in total. The van der Waals surface area contributed by atoms with E-state index in [-0.39, 0.29) is 25.3 Å². The van der Waals surface area contributed by atoms with Crippen LogP contribution in [0.1, 0.15) is 79.6 Å². The third-order valence-corrected chi connectivity index (χ3v) is 3.56. The molecule has 30 heavy (non-hydrogen) atoms. The summed E-state index contributed by atoms with van der Waals surface area (Å²) in [6.45, 7) is 12.1. The third-order valence-electron chi connectivity index (χ3n) is 3.56. The van der Waals surface area contributed by atoms with E-state index in [1.165, 1.54) is 39.0 Å². The van der Waals surface area contributed by atoms with Crippen LogP contribution in [-0.2, 0) is 19.1 Å². The Balaban J connectivity index is -0.000000427. The Morgan fingerprint density at radius 2 is 1.43 bits per heavy atom. The predicted molar refractivity (Wildman–Crippen MR) is 119 cm³/mol. The predicted octanol–water partition coefficient (Wildman–Crippen LogP) is 2.52. The zero-order chi connectivity index (χ0) is 23.6. The Labute approximate surface area is 183 Å². The number of unbranched alkanes of at least 4 members (excludes halogenated alkanes) is 5. The number of morpholine rings is 1. The van der Waals surface area contributed by atoms with E-state index in [0.29, 0.717) is 25.7 Å². The minimum Gasteiger partial charge on any atom is -0.466 e. The van der Waals surface area contributed by atoms with E-state index in [4.69, 9.17) is 20.1 Å². The van der Waals surface area contributed by atoms with Crippen molar-refractivity contribution in [2.24, 2.45) is 0 Å². The fourth-order valence-corrected chi connectivity index (χ4v) is 2.23. The maximum Gasteiger partial charge on any atom is 0.302 e. The SMILES string of the molecule is CC(C)O.CCCCCCCCC(=O)N1CCOCC1.CCOC(C)=O.OCCO. The van der Waals surface area contributed by atoms with Gasteiger partial charge in [0.2, 0.25) is 5.91 Å². The highest BCUT2D eigenvalue weighted by Crippen LogP contribution is 2.09. The summed E-state index contributed by atoms with van der Waals surface area (Å²) < 4.78 is 9.63. The second-order valence-corrected chi connectivity index (χ2v) is 6.98. The van der Waals surface area contributed by atoms with Crippen molar-refractivity contribution in [1.82, 2.24) is 4.90 Å². The number of carbonyl (C=O) groups excluding carboxylic acids is 2. The Kier molecular flexibility index (Phi) is 30.9. The van der Waals surface area contributed by atoms with Gasteiger partial charge in [-0.25, -0.2) is 0 Å². The van der Waals surface area contributed by atoms with Gasteiger partial charge in [0.25, 0.3) is 0 Å². The standard InChI is InChI=1S/C13H25NO2.C4H8O2.C3H8O.C2H6O2/c1-2-3-4-5-6-7-8-13(15)14-9-11-16-12-10-14;1-3-6-4(2)5;1-3(2)4;3-1-2-4/h2-12H2,1H3;3H2,1-2H3;3-4H,1-2H3;3-4H,1-2H2. The molecule has 8 heteroatoms. The van der Waals surface area contributed by atoms with Crippen LogP contribution >= 0.6 is 0 Å². The van der Waals surface area contributed by atoms with Crippen LogP contribution < -0.4 is 0 Å². The third kappa shape index (κ3) is 34.3. The lowest BCUT2D eigenvalue weighted by Crippen LogP contribution is -2.40. The summed E-state index contributed by atoms with van der Waals surface area (Å²) in [5.74, 6) is 0.108. The van der Waals surface area contributed by atoms with Crippen molar-refractivity contribution in [3.8, 4) is 0 Å². The summed E-state index contributed by atoms with van der Waals surface area (Å²) in [6.07, 6.45) is 8.04. The van der Waals surface area contributed by atoms with Crippen molar-refractivity contribution in [2.75, 3.05) is 46.1 Å². The van der Waals surface area contributed by atoms with Gasteiger partial charge < -0.3 is 29.7 Å². The molecule has 1 fully saturated rings. The van der Waals surface area contributed by atoms with E-state index < -0.39 is 0 Å². The second kappa shape index (κ2) is 27.8. The van der Waals surface area contributed by atoms with Gasteiger partial charge in [0.15, 0.2) is 0 Å². The lowest BCUT2D eigenvalue weighted by molar-refractivity contribution is -0.140. The van der Waals surface area contributed by atoms with Crippen molar-refractivity contribution >= 4 is 11.9 Å². The smallest absolute Gasteiger partial charge is 0.302 e. The van der Waals surface area contributed by atoms with Gasteiger partial charge in [-0.1, -0.05) is 39.0 Å². The zero-order valence-electron chi connectivity index (χ0n) is 19.9. The number of carbonyl (C=O) groups is 2. The molecule has 1 aliphatic heterocycles. The molecule has 0 aromatic carbocycles. The molecule has 0 unspecified atom stereocenters. The fourth-order valence-electron chi connectivity index (χ4n) is 2.23. The number of esters is 1. The Bertz CT molecular complexity index is 355. The number of ether oxygens (including phenoxy) is 2. The largest absolute Gasteiger partial charge is 0.466 e. The highest BCUT2D eigenvalue weighted by atomic mass is 16.5. The van der Waals surface area contributed by atoms with E-state index in [0.717, 1.165) is 25.9 Å². The maximum atomic E-state index is 11.8. The van der Waals surface area contributed by atoms with E-state index in [2.05, 4.69) is 11.7 Å². The summed E-state index contributed by atoms with van der Waals surface area (Å²) in [6, 6.07) is 0. The number of rotatable bonds is 9. The van der Waals surface area contributed by atoms with E-state index in [9.17, 15) is 9.59 Å². The first-order valence-corrected chi connectivity index (χ1v) is 11.1. The summed E-state index contributed by atoms with van der Waals surface area (Å²) >= 11 is 0. The summed E-state index contributed by atoms with van der Waals surface area (Å²) in [5, 5.41) is 23.3. The summed E-state index contributed by atoms with van der Waals surface area (Å²) in [7, 11) is 0. The Hall–Kier alpha value is -1.22. The molecule has 0 atom stereocenters. The van der Waals surface area contributed by atoms with Gasteiger partial charge in [-0.05, 0) is 27.2 Å². The van der Waals surface area contributed by atoms with E-state index in [1.807, 2.05) is 4.90 Å². The number of aliphatic hydroxyl groups excluding tert-OH is 3. The highest BCUT2D eigenvalue weighted by molar-refractivity contribution is 5.76. The van der Waals surface area contributed by atoms with E-state index in [1.54, 1.807) is 20.8 Å². The van der Waals surface area contributed by atoms with Crippen LogP contribution in [0.25, 0.3) is 0 Å². The highest BCUT2D eigenvalue weighted by Gasteiger charge is 2.15. The average molecular weight is 438 g/mol. The molecule has 0 spiro atoms. The van der Waals surface area contributed by atoms with Gasteiger partial charge in [-0.3, -0.25) is 9.59 Å². The Morgan fingerprint density at radius 1 is 0.967 bits per heavy atom. The normalized spacial score (nSPS) is 12.5. The topological polar surface area (TPSA) is 117 Å². The molecule has 0 aliphatic carbocycles. The molecule has 0 bridgehead atoms. The zero-order valence-corrected chi connectivity index (χ0v) is 19.9. The van der Waals surface area contributed by atoms with Crippen molar-refractivity contribution in [3.05, 3.63) is 0 Å². The molecule has 0 radical (unpaired) electrons. The van der Waals surface area contributed by atoms with Crippen LogP contribution in [0.3, 0.4) is 0 Å². The first kappa shape index (κ1) is 33.4. The molecule has 1 heterocycles. The number of hydrogen-bond donors (Lipinski definition) is 3. The quantitative estimate of drug-likeness (QED) is 0.375. The minimum absolute atomic E-state index is 0.125. The van der Waals surface area contributed by atoms with Crippen molar-refractivity contribution in [1.29, 1.82) is 0 Å². The minimum atomic E-state index is -0.211.